The molecule has 2 fully saturated rings. The van der Waals surface area contributed by atoms with E-state index in [1.165, 1.54) is 44.3 Å². The highest BCUT2D eigenvalue weighted by atomic mass is 16.3. The van der Waals surface area contributed by atoms with Gasteiger partial charge in [-0.25, -0.2) is 0 Å². The van der Waals surface area contributed by atoms with Crippen LogP contribution in [0.15, 0.2) is 18.3 Å². The highest BCUT2D eigenvalue weighted by Gasteiger charge is 2.35. The van der Waals surface area contributed by atoms with Gasteiger partial charge in [0.05, 0.1) is 23.7 Å². The predicted octanol–water partition coefficient (Wildman–Crippen LogP) is 3.29. The number of nitrogens with zero attached hydrogens (tertiary/aromatic N) is 2. The molecule has 1 aromatic heterocycles. The Morgan fingerprint density at radius 3 is 2.89 bits per heavy atom. The molecule has 0 spiro atoms. The molecule has 0 amide bonds. The minimum Gasteiger partial charge on any atom is -0.387 e. The van der Waals surface area contributed by atoms with E-state index in [9.17, 15) is 5.11 Å². The Balaban J connectivity index is 1.75. The lowest BCUT2D eigenvalue weighted by Gasteiger charge is -2.33. The molecule has 1 aromatic rings. The molecule has 1 saturated carbocycles. The van der Waals surface area contributed by atoms with Gasteiger partial charge in [0.1, 0.15) is 0 Å². The summed E-state index contributed by atoms with van der Waals surface area (Å²) >= 11 is 0. The Bertz CT molecular complexity index is 417. The van der Waals surface area contributed by atoms with Crippen LogP contribution in [0.3, 0.4) is 0 Å². The van der Waals surface area contributed by atoms with Crippen molar-refractivity contribution in [1.82, 2.24) is 4.98 Å². The molecule has 104 valence electrons. The van der Waals surface area contributed by atoms with Gasteiger partial charge in [-0.15, -0.1) is 0 Å². The Hall–Kier alpha value is -1.09. The van der Waals surface area contributed by atoms with Gasteiger partial charge in [-0.05, 0) is 43.7 Å². The Kier molecular flexibility index (Phi) is 3.74. The molecule has 2 unspecified atom stereocenters. The molecule has 3 atom stereocenters. The Labute approximate surface area is 115 Å². The quantitative estimate of drug-likeness (QED) is 0.906. The number of rotatable bonds is 3. The molecule has 3 nitrogen and oxygen atoms in total. The van der Waals surface area contributed by atoms with Crippen molar-refractivity contribution in [3.63, 3.8) is 0 Å². The predicted molar refractivity (Wildman–Crippen MR) is 77.2 cm³/mol. The molecule has 1 saturated heterocycles. The largest absolute Gasteiger partial charge is 0.387 e. The zero-order chi connectivity index (χ0) is 13.2. The highest BCUT2D eigenvalue weighted by molar-refractivity contribution is 5.47. The number of aliphatic hydroxyl groups excluding tert-OH is 1. The van der Waals surface area contributed by atoms with E-state index in [2.05, 4.69) is 16.0 Å². The van der Waals surface area contributed by atoms with Gasteiger partial charge in [-0.1, -0.05) is 19.8 Å². The molecular formula is C16H24N2O. The van der Waals surface area contributed by atoms with Gasteiger partial charge in [0.2, 0.25) is 0 Å². The van der Waals surface area contributed by atoms with Crippen molar-refractivity contribution in [1.29, 1.82) is 0 Å². The minimum atomic E-state index is -0.421. The van der Waals surface area contributed by atoms with E-state index in [1.807, 2.05) is 19.2 Å². The fourth-order valence-corrected chi connectivity index (χ4v) is 3.70. The summed E-state index contributed by atoms with van der Waals surface area (Å²) in [5, 5.41) is 9.80. The fraction of sp³-hybridized carbons (Fsp3) is 0.688. The molecule has 3 rings (SSSR count). The van der Waals surface area contributed by atoms with Crippen molar-refractivity contribution in [3.8, 4) is 0 Å². The molecule has 0 aromatic carbocycles. The molecule has 0 radical (unpaired) electrons. The van der Waals surface area contributed by atoms with Gasteiger partial charge < -0.3 is 10.0 Å². The second-order valence-corrected chi connectivity index (χ2v) is 5.96. The molecule has 1 aliphatic carbocycles. The maximum atomic E-state index is 9.80. The summed E-state index contributed by atoms with van der Waals surface area (Å²) in [5.41, 5.74) is 2.03. The molecule has 3 heteroatoms. The summed E-state index contributed by atoms with van der Waals surface area (Å²) < 4.78 is 0. The molecule has 0 bridgehead atoms. The number of anilines is 1. The summed E-state index contributed by atoms with van der Waals surface area (Å²) in [6.45, 7) is 3.15. The summed E-state index contributed by atoms with van der Waals surface area (Å²) in [6.07, 6.45) is 9.11. The first-order valence-electron chi connectivity index (χ1n) is 7.70. The van der Waals surface area contributed by atoms with Gasteiger partial charge in [-0.3, -0.25) is 4.98 Å². The molecule has 2 heterocycles. The van der Waals surface area contributed by atoms with E-state index in [0.29, 0.717) is 0 Å². The van der Waals surface area contributed by atoms with E-state index in [1.54, 1.807) is 0 Å². The van der Waals surface area contributed by atoms with Crippen LogP contribution >= 0.6 is 0 Å². The number of aliphatic hydroxyl groups is 1. The lowest BCUT2D eigenvalue weighted by molar-refractivity contribution is 0.169. The first-order chi connectivity index (χ1) is 9.29. The van der Waals surface area contributed by atoms with Crippen LogP contribution in [-0.2, 0) is 0 Å². The summed E-state index contributed by atoms with van der Waals surface area (Å²) in [7, 11) is 0. The van der Waals surface area contributed by atoms with Crippen LogP contribution in [0.1, 0.15) is 57.2 Å². The summed E-state index contributed by atoms with van der Waals surface area (Å²) in [6, 6.07) is 4.86. The van der Waals surface area contributed by atoms with Gasteiger partial charge >= 0.3 is 0 Å². The van der Waals surface area contributed by atoms with Gasteiger partial charge in [0.15, 0.2) is 0 Å². The topological polar surface area (TPSA) is 36.4 Å². The second kappa shape index (κ2) is 5.49. The lowest BCUT2D eigenvalue weighted by atomic mass is 9.85. The SMILES string of the molecule is CC[C@@H](O)c1ccc(N2CCC3CCCCC32)cn1. The van der Waals surface area contributed by atoms with Crippen molar-refractivity contribution >= 4 is 5.69 Å². The second-order valence-electron chi connectivity index (χ2n) is 5.96. The third-order valence-electron chi connectivity index (χ3n) is 4.84. The average molecular weight is 260 g/mol. The van der Waals surface area contributed by atoms with Crippen LogP contribution in [0.5, 0.6) is 0 Å². The van der Waals surface area contributed by atoms with Crippen molar-refractivity contribution in [2.75, 3.05) is 11.4 Å². The smallest absolute Gasteiger partial charge is 0.0957 e. The van der Waals surface area contributed by atoms with Crippen molar-refractivity contribution in [3.05, 3.63) is 24.0 Å². The minimum absolute atomic E-state index is 0.421. The van der Waals surface area contributed by atoms with E-state index >= 15 is 0 Å². The van der Waals surface area contributed by atoms with Crippen LogP contribution in [0.25, 0.3) is 0 Å². The monoisotopic (exact) mass is 260 g/mol. The Morgan fingerprint density at radius 2 is 2.16 bits per heavy atom. The number of hydrogen-bond acceptors (Lipinski definition) is 3. The maximum absolute atomic E-state index is 9.80. The van der Waals surface area contributed by atoms with Gasteiger partial charge in [0, 0.05) is 12.6 Å². The fourth-order valence-electron chi connectivity index (χ4n) is 3.70. The molecule has 1 aliphatic heterocycles. The third-order valence-corrected chi connectivity index (χ3v) is 4.84. The maximum Gasteiger partial charge on any atom is 0.0957 e. The Morgan fingerprint density at radius 1 is 1.32 bits per heavy atom. The third kappa shape index (κ3) is 2.48. The van der Waals surface area contributed by atoms with E-state index in [-0.39, 0.29) is 0 Å². The summed E-state index contributed by atoms with van der Waals surface area (Å²) in [4.78, 5) is 6.98. The number of pyridine rings is 1. The molecule has 2 aliphatic rings. The molecule has 19 heavy (non-hydrogen) atoms. The van der Waals surface area contributed by atoms with Crippen LogP contribution in [0, 0.1) is 5.92 Å². The zero-order valence-corrected chi connectivity index (χ0v) is 11.8. The number of aromatic nitrogens is 1. The standard InChI is InChI=1S/C16H24N2O/c1-2-16(19)14-8-7-13(11-17-14)18-10-9-12-5-3-4-6-15(12)18/h7-8,11-12,15-16,19H,2-6,9-10H2,1H3/t12?,15?,16-/m1/s1. The van der Waals surface area contributed by atoms with Crippen LogP contribution < -0.4 is 4.90 Å². The lowest BCUT2D eigenvalue weighted by Crippen LogP contribution is -2.34. The summed E-state index contributed by atoms with van der Waals surface area (Å²) in [5.74, 6) is 0.898. The zero-order valence-electron chi connectivity index (χ0n) is 11.8. The molecule has 1 N–H and O–H groups in total. The van der Waals surface area contributed by atoms with Crippen molar-refractivity contribution in [2.24, 2.45) is 5.92 Å². The molecular weight excluding hydrogens is 236 g/mol. The van der Waals surface area contributed by atoms with Crippen LogP contribution in [0.4, 0.5) is 5.69 Å². The highest BCUT2D eigenvalue weighted by Crippen LogP contribution is 2.38. The van der Waals surface area contributed by atoms with Crippen molar-refractivity contribution < 1.29 is 5.11 Å². The van der Waals surface area contributed by atoms with Gasteiger partial charge in [-0.2, -0.15) is 0 Å². The van der Waals surface area contributed by atoms with E-state index < -0.39 is 6.10 Å². The number of fused-ring (bicyclic) bond motifs is 1. The normalized spacial score (nSPS) is 28.2. The number of hydrogen-bond donors (Lipinski definition) is 1. The average Bonchev–Trinajstić information content (AvgIpc) is 2.90. The van der Waals surface area contributed by atoms with Crippen molar-refractivity contribution in [2.45, 2.75) is 57.6 Å². The van der Waals surface area contributed by atoms with E-state index in [4.69, 9.17) is 0 Å². The van der Waals surface area contributed by atoms with E-state index in [0.717, 1.165) is 24.1 Å². The first-order valence-corrected chi connectivity index (χ1v) is 7.70. The van der Waals surface area contributed by atoms with Gasteiger partial charge in [0.25, 0.3) is 0 Å². The van der Waals surface area contributed by atoms with Crippen LogP contribution in [0.2, 0.25) is 0 Å². The van der Waals surface area contributed by atoms with Crippen LogP contribution in [-0.4, -0.2) is 22.7 Å². The first kappa shape index (κ1) is 12.9.